The smallest absolute Gasteiger partial charge is 0.211 e. The molecule has 0 amide bonds. The number of nitrogens with zero attached hydrogens (tertiary/aromatic N) is 1. The van der Waals surface area contributed by atoms with Crippen molar-refractivity contribution >= 4 is 22.4 Å². The van der Waals surface area contributed by atoms with Gasteiger partial charge in [0.2, 0.25) is 10.0 Å². The second kappa shape index (κ2) is 4.56. The Labute approximate surface area is 84.4 Å². The second-order valence-electron chi connectivity index (χ2n) is 3.14. The van der Waals surface area contributed by atoms with Crippen LogP contribution in [0.3, 0.4) is 0 Å². The number of hydrogen-bond acceptors (Lipinski definition) is 4. The number of halogens is 1. The molecule has 2 atom stereocenters. The highest BCUT2D eigenvalue weighted by molar-refractivity contribution is 7.88. The monoisotopic (exact) mass is 230 g/mol. The fraction of sp³-hybridized carbons (Fsp3) is 1.00. The fourth-order valence-corrected chi connectivity index (χ4v) is 2.08. The number of sulfonamides is 1. The number of β-amino-alcohol motifs (C(OH)–C–C–N with tert-alkyl or cyclic N) is 1. The van der Waals surface area contributed by atoms with Gasteiger partial charge in [-0.2, -0.15) is 4.31 Å². The highest BCUT2D eigenvalue weighted by Gasteiger charge is 2.29. The topological polar surface area (TPSA) is 83.6 Å². The summed E-state index contributed by atoms with van der Waals surface area (Å²) in [6.45, 7) is 0.539. The van der Waals surface area contributed by atoms with Crippen molar-refractivity contribution in [1.82, 2.24) is 4.31 Å². The number of aliphatic hydroxyl groups excluding tert-OH is 1. The molecule has 1 rings (SSSR count). The van der Waals surface area contributed by atoms with E-state index in [9.17, 15) is 13.5 Å². The molecule has 80 valence electrons. The van der Waals surface area contributed by atoms with E-state index in [0.717, 1.165) is 6.26 Å². The minimum absolute atomic E-state index is 0. The van der Waals surface area contributed by atoms with Crippen molar-refractivity contribution in [2.75, 3.05) is 19.3 Å². The molecule has 0 bridgehead atoms. The molecule has 0 radical (unpaired) electrons. The van der Waals surface area contributed by atoms with Crippen LogP contribution < -0.4 is 5.73 Å². The summed E-state index contributed by atoms with van der Waals surface area (Å²) in [5, 5.41) is 9.28. The third-order valence-corrected chi connectivity index (χ3v) is 3.34. The van der Waals surface area contributed by atoms with Gasteiger partial charge in [0.25, 0.3) is 0 Å². The molecule has 0 unspecified atom stereocenters. The maximum absolute atomic E-state index is 11.0. The summed E-state index contributed by atoms with van der Waals surface area (Å²) in [7, 11) is -3.16. The lowest BCUT2D eigenvalue weighted by Gasteiger charge is -2.32. The Hall–Kier alpha value is 0.120. The molecule has 1 fully saturated rings. The lowest BCUT2D eigenvalue weighted by molar-refractivity contribution is 0.0880. The van der Waals surface area contributed by atoms with Crippen molar-refractivity contribution < 1.29 is 13.5 Å². The summed E-state index contributed by atoms with van der Waals surface area (Å²) in [5.74, 6) is 0. The Morgan fingerprint density at radius 3 is 2.46 bits per heavy atom. The second-order valence-corrected chi connectivity index (χ2v) is 5.12. The Kier molecular flexibility index (Phi) is 4.61. The maximum Gasteiger partial charge on any atom is 0.211 e. The van der Waals surface area contributed by atoms with Gasteiger partial charge in [-0.05, 0) is 6.42 Å². The third-order valence-electron chi connectivity index (χ3n) is 2.07. The van der Waals surface area contributed by atoms with Gasteiger partial charge in [0.15, 0.2) is 0 Å². The molecule has 0 aromatic carbocycles. The average molecular weight is 231 g/mol. The van der Waals surface area contributed by atoms with Crippen LogP contribution in [0.2, 0.25) is 0 Å². The quantitative estimate of drug-likeness (QED) is 0.591. The summed E-state index contributed by atoms with van der Waals surface area (Å²) in [6.07, 6.45) is 0.929. The molecule has 0 spiro atoms. The summed E-state index contributed by atoms with van der Waals surface area (Å²) in [5.41, 5.74) is 5.51. The Balaban J connectivity index is 0.00000144. The van der Waals surface area contributed by atoms with E-state index in [0.29, 0.717) is 13.0 Å². The van der Waals surface area contributed by atoms with Crippen molar-refractivity contribution in [1.29, 1.82) is 0 Å². The van der Waals surface area contributed by atoms with E-state index in [1.807, 2.05) is 0 Å². The zero-order valence-corrected chi connectivity index (χ0v) is 9.01. The molecular formula is C6H15ClN2O3S. The lowest BCUT2D eigenvalue weighted by atomic mass is 10.1. The molecule has 0 aromatic heterocycles. The van der Waals surface area contributed by atoms with Gasteiger partial charge < -0.3 is 10.8 Å². The van der Waals surface area contributed by atoms with Gasteiger partial charge in [0, 0.05) is 19.1 Å². The van der Waals surface area contributed by atoms with Crippen molar-refractivity contribution in [2.45, 2.75) is 18.6 Å². The van der Waals surface area contributed by atoms with Crippen LogP contribution in [0.4, 0.5) is 0 Å². The SMILES string of the molecule is CS(=O)(=O)N1CC[C@@H](N)[C@H](O)C1.Cl. The molecule has 0 aliphatic carbocycles. The van der Waals surface area contributed by atoms with Crippen LogP contribution in [0.15, 0.2) is 0 Å². The van der Waals surface area contributed by atoms with Crippen LogP contribution in [0.25, 0.3) is 0 Å². The van der Waals surface area contributed by atoms with E-state index in [1.165, 1.54) is 4.31 Å². The van der Waals surface area contributed by atoms with Crippen molar-refractivity contribution in [3.05, 3.63) is 0 Å². The van der Waals surface area contributed by atoms with Gasteiger partial charge in [0.1, 0.15) is 0 Å². The molecule has 3 N–H and O–H groups in total. The first-order chi connectivity index (χ1) is 5.41. The zero-order chi connectivity index (χ0) is 9.35. The summed E-state index contributed by atoms with van der Waals surface area (Å²) >= 11 is 0. The minimum atomic E-state index is -3.16. The Morgan fingerprint density at radius 2 is 2.08 bits per heavy atom. The first kappa shape index (κ1) is 13.1. The number of aliphatic hydroxyl groups is 1. The fourth-order valence-electron chi connectivity index (χ4n) is 1.22. The van der Waals surface area contributed by atoms with Crippen LogP contribution in [0, 0.1) is 0 Å². The lowest BCUT2D eigenvalue weighted by Crippen LogP contribution is -2.51. The minimum Gasteiger partial charge on any atom is -0.390 e. The molecule has 1 heterocycles. The zero-order valence-electron chi connectivity index (χ0n) is 7.38. The molecule has 7 heteroatoms. The van der Waals surface area contributed by atoms with E-state index in [4.69, 9.17) is 5.73 Å². The van der Waals surface area contributed by atoms with Gasteiger partial charge in [-0.3, -0.25) is 0 Å². The summed E-state index contributed by atoms with van der Waals surface area (Å²) in [6, 6.07) is -0.289. The molecule has 1 saturated heterocycles. The molecule has 5 nitrogen and oxygen atoms in total. The molecule has 0 saturated carbocycles. The molecule has 1 aliphatic heterocycles. The molecule has 13 heavy (non-hydrogen) atoms. The van der Waals surface area contributed by atoms with E-state index < -0.39 is 16.1 Å². The van der Waals surface area contributed by atoms with Crippen LogP contribution in [0.5, 0.6) is 0 Å². The predicted octanol–water partition coefficient (Wildman–Crippen LogP) is -1.24. The first-order valence-corrected chi connectivity index (χ1v) is 5.65. The highest BCUT2D eigenvalue weighted by atomic mass is 35.5. The van der Waals surface area contributed by atoms with Crippen LogP contribution in [0.1, 0.15) is 6.42 Å². The average Bonchev–Trinajstić information content (AvgIpc) is 1.92. The first-order valence-electron chi connectivity index (χ1n) is 3.80. The van der Waals surface area contributed by atoms with Crippen molar-refractivity contribution in [3.63, 3.8) is 0 Å². The maximum atomic E-state index is 11.0. The number of piperidine rings is 1. The van der Waals surface area contributed by atoms with E-state index in [-0.39, 0.29) is 25.0 Å². The number of rotatable bonds is 1. The largest absolute Gasteiger partial charge is 0.390 e. The van der Waals surface area contributed by atoms with Gasteiger partial charge >= 0.3 is 0 Å². The highest BCUT2D eigenvalue weighted by Crippen LogP contribution is 2.11. The van der Waals surface area contributed by atoms with Crippen LogP contribution in [-0.2, 0) is 10.0 Å². The van der Waals surface area contributed by atoms with E-state index in [2.05, 4.69) is 0 Å². The van der Waals surface area contributed by atoms with Crippen molar-refractivity contribution in [3.8, 4) is 0 Å². The number of hydrogen-bond donors (Lipinski definition) is 2. The van der Waals surface area contributed by atoms with Crippen LogP contribution >= 0.6 is 12.4 Å². The van der Waals surface area contributed by atoms with Gasteiger partial charge in [-0.1, -0.05) is 0 Å². The molecular weight excluding hydrogens is 216 g/mol. The van der Waals surface area contributed by atoms with E-state index >= 15 is 0 Å². The normalized spacial score (nSPS) is 31.0. The van der Waals surface area contributed by atoms with Crippen LogP contribution in [-0.4, -0.2) is 49.3 Å². The predicted molar refractivity (Wildman–Crippen MR) is 52.3 cm³/mol. The number of nitrogens with two attached hydrogens (primary N) is 1. The Bertz CT molecular complexity index is 257. The van der Waals surface area contributed by atoms with Gasteiger partial charge in [0.05, 0.1) is 12.4 Å². The van der Waals surface area contributed by atoms with Gasteiger partial charge in [-0.15, -0.1) is 12.4 Å². The third kappa shape index (κ3) is 3.40. The standard InChI is InChI=1S/C6H14N2O3S.ClH/c1-12(10,11)8-3-2-5(7)6(9)4-8;/h5-6,9H,2-4,7H2,1H3;1H/t5-,6-;/m1./s1. The summed E-state index contributed by atoms with van der Waals surface area (Å²) in [4.78, 5) is 0. The van der Waals surface area contributed by atoms with Gasteiger partial charge in [-0.25, -0.2) is 8.42 Å². The van der Waals surface area contributed by atoms with E-state index in [1.54, 1.807) is 0 Å². The molecule has 1 aliphatic rings. The Morgan fingerprint density at radius 1 is 1.54 bits per heavy atom. The summed E-state index contributed by atoms with van der Waals surface area (Å²) < 4.78 is 23.3. The molecule has 0 aromatic rings. The van der Waals surface area contributed by atoms with Crippen molar-refractivity contribution in [2.24, 2.45) is 5.73 Å².